The van der Waals surface area contributed by atoms with Gasteiger partial charge in [-0.1, -0.05) is 18.5 Å². The van der Waals surface area contributed by atoms with E-state index in [9.17, 15) is 0 Å². The molecular weight excluding hydrogens is 200 g/mol. The quantitative estimate of drug-likeness (QED) is 0.713. The van der Waals surface area contributed by atoms with Crippen molar-refractivity contribution in [2.45, 2.75) is 13.3 Å². The molecular formula is C10H9ClN2O. The highest BCUT2D eigenvalue weighted by atomic mass is 35.5. The zero-order valence-corrected chi connectivity index (χ0v) is 8.45. The van der Waals surface area contributed by atoms with Gasteiger partial charge in [0, 0.05) is 12.6 Å². The second kappa shape index (κ2) is 3.80. The minimum Gasteiger partial charge on any atom is -0.458 e. The lowest BCUT2D eigenvalue weighted by Gasteiger charge is -1.94. The molecule has 2 aromatic rings. The van der Waals surface area contributed by atoms with Gasteiger partial charge in [0.1, 0.15) is 10.9 Å². The molecule has 2 rings (SSSR count). The van der Waals surface area contributed by atoms with Crippen molar-refractivity contribution in [3.8, 4) is 11.6 Å². The third-order valence-corrected chi connectivity index (χ3v) is 2.06. The second-order valence-electron chi connectivity index (χ2n) is 2.82. The van der Waals surface area contributed by atoms with E-state index in [1.807, 2.05) is 19.1 Å². The summed E-state index contributed by atoms with van der Waals surface area (Å²) in [6.07, 6.45) is 2.47. The van der Waals surface area contributed by atoms with Crippen LogP contribution in [0.25, 0.3) is 11.6 Å². The van der Waals surface area contributed by atoms with Crippen LogP contribution in [-0.4, -0.2) is 9.97 Å². The van der Waals surface area contributed by atoms with Gasteiger partial charge in [0.15, 0.2) is 11.6 Å². The Morgan fingerprint density at radius 3 is 2.86 bits per heavy atom. The summed E-state index contributed by atoms with van der Waals surface area (Å²) < 4.78 is 5.49. The van der Waals surface area contributed by atoms with Crippen molar-refractivity contribution < 1.29 is 4.42 Å². The van der Waals surface area contributed by atoms with Gasteiger partial charge in [0.05, 0.1) is 0 Å². The molecule has 0 aliphatic carbocycles. The lowest BCUT2D eigenvalue weighted by atomic mass is 10.3. The topological polar surface area (TPSA) is 38.9 Å². The highest BCUT2D eigenvalue weighted by Gasteiger charge is 2.06. The fourth-order valence-corrected chi connectivity index (χ4v) is 1.28. The van der Waals surface area contributed by atoms with Crippen molar-refractivity contribution in [1.29, 1.82) is 0 Å². The van der Waals surface area contributed by atoms with Crippen molar-refractivity contribution in [1.82, 2.24) is 9.97 Å². The molecule has 0 amide bonds. The SMILES string of the molecule is CCc1ccc(-c2nccc(Cl)n2)o1. The van der Waals surface area contributed by atoms with Gasteiger partial charge in [-0.15, -0.1) is 0 Å². The van der Waals surface area contributed by atoms with Crippen LogP contribution in [0.5, 0.6) is 0 Å². The summed E-state index contributed by atoms with van der Waals surface area (Å²) in [5.74, 6) is 2.10. The average molecular weight is 209 g/mol. The Labute approximate surface area is 86.8 Å². The minimum atomic E-state index is 0.421. The highest BCUT2D eigenvalue weighted by molar-refractivity contribution is 6.29. The smallest absolute Gasteiger partial charge is 0.197 e. The predicted molar refractivity (Wildman–Crippen MR) is 54.1 cm³/mol. The Hall–Kier alpha value is -1.35. The van der Waals surface area contributed by atoms with Crippen LogP contribution in [0.2, 0.25) is 5.15 Å². The van der Waals surface area contributed by atoms with Gasteiger partial charge in [-0.3, -0.25) is 0 Å². The first-order valence-corrected chi connectivity index (χ1v) is 4.75. The molecule has 0 atom stereocenters. The molecule has 0 unspecified atom stereocenters. The number of hydrogen-bond donors (Lipinski definition) is 0. The number of rotatable bonds is 2. The minimum absolute atomic E-state index is 0.421. The van der Waals surface area contributed by atoms with Crippen LogP contribution in [0.4, 0.5) is 0 Å². The summed E-state index contributed by atoms with van der Waals surface area (Å²) in [5.41, 5.74) is 0. The molecule has 0 radical (unpaired) electrons. The van der Waals surface area contributed by atoms with Crippen molar-refractivity contribution in [3.05, 3.63) is 35.3 Å². The van der Waals surface area contributed by atoms with Crippen molar-refractivity contribution >= 4 is 11.6 Å². The molecule has 3 nitrogen and oxygen atoms in total. The van der Waals surface area contributed by atoms with E-state index in [2.05, 4.69) is 9.97 Å². The Morgan fingerprint density at radius 1 is 1.36 bits per heavy atom. The zero-order valence-electron chi connectivity index (χ0n) is 7.70. The number of nitrogens with zero attached hydrogens (tertiary/aromatic N) is 2. The first-order valence-electron chi connectivity index (χ1n) is 4.37. The summed E-state index contributed by atoms with van der Waals surface area (Å²) in [5, 5.41) is 0.421. The van der Waals surface area contributed by atoms with E-state index in [0.717, 1.165) is 12.2 Å². The Morgan fingerprint density at radius 2 is 2.21 bits per heavy atom. The summed E-state index contributed by atoms with van der Waals surface area (Å²) in [7, 11) is 0. The fraction of sp³-hybridized carbons (Fsp3) is 0.200. The van der Waals surface area contributed by atoms with Gasteiger partial charge in [0.25, 0.3) is 0 Å². The zero-order chi connectivity index (χ0) is 9.97. The molecule has 0 bridgehead atoms. The molecule has 72 valence electrons. The monoisotopic (exact) mass is 208 g/mol. The number of halogens is 1. The van der Waals surface area contributed by atoms with Crippen LogP contribution in [0.1, 0.15) is 12.7 Å². The Balaban J connectivity index is 2.39. The maximum Gasteiger partial charge on any atom is 0.197 e. The van der Waals surface area contributed by atoms with E-state index in [0.29, 0.717) is 16.7 Å². The molecule has 0 N–H and O–H groups in total. The van der Waals surface area contributed by atoms with Gasteiger partial charge < -0.3 is 4.42 Å². The maximum atomic E-state index is 5.74. The number of hydrogen-bond acceptors (Lipinski definition) is 3. The summed E-state index contributed by atoms with van der Waals surface area (Å²) in [4.78, 5) is 8.12. The predicted octanol–water partition coefficient (Wildman–Crippen LogP) is 2.95. The van der Waals surface area contributed by atoms with Gasteiger partial charge in [-0.25, -0.2) is 9.97 Å². The van der Waals surface area contributed by atoms with Crippen LogP contribution < -0.4 is 0 Å². The molecule has 0 aliphatic heterocycles. The third-order valence-electron chi connectivity index (χ3n) is 1.85. The summed E-state index contributed by atoms with van der Waals surface area (Å²) in [6.45, 7) is 2.03. The van der Waals surface area contributed by atoms with Crippen molar-refractivity contribution in [2.24, 2.45) is 0 Å². The van der Waals surface area contributed by atoms with E-state index in [1.54, 1.807) is 12.3 Å². The molecule has 4 heteroatoms. The van der Waals surface area contributed by atoms with Gasteiger partial charge >= 0.3 is 0 Å². The van der Waals surface area contributed by atoms with E-state index >= 15 is 0 Å². The fourth-order valence-electron chi connectivity index (χ4n) is 1.14. The van der Waals surface area contributed by atoms with Crippen molar-refractivity contribution in [3.63, 3.8) is 0 Å². The van der Waals surface area contributed by atoms with E-state index in [-0.39, 0.29) is 0 Å². The Bertz CT molecular complexity index is 439. The molecule has 0 saturated carbocycles. The standard InChI is InChI=1S/C10H9ClN2O/c1-2-7-3-4-8(14-7)10-12-6-5-9(11)13-10/h3-6H,2H2,1H3. The molecule has 0 fully saturated rings. The molecule has 14 heavy (non-hydrogen) atoms. The average Bonchev–Trinajstić information content (AvgIpc) is 2.66. The largest absolute Gasteiger partial charge is 0.458 e. The van der Waals surface area contributed by atoms with E-state index in [1.165, 1.54) is 0 Å². The normalized spacial score (nSPS) is 10.4. The lowest BCUT2D eigenvalue weighted by Crippen LogP contribution is -1.85. The van der Waals surface area contributed by atoms with Gasteiger partial charge in [0.2, 0.25) is 0 Å². The lowest BCUT2D eigenvalue weighted by molar-refractivity contribution is 0.525. The number of furan rings is 1. The highest BCUT2D eigenvalue weighted by Crippen LogP contribution is 2.19. The molecule has 0 aliphatic rings. The summed E-state index contributed by atoms with van der Waals surface area (Å²) >= 11 is 5.74. The van der Waals surface area contributed by atoms with Gasteiger partial charge in [-0.2, -0.15) is 0 Å². The van der Waals surface area contributed by atoms with Crippen LogP contribution >= 0.6 is 11.6 Å². The number of aromatic nitrogens is 2. The van der Waals surface area contributed by atoms with Crippen LogP contribution in [0, 0.1) is 0 Å². The Kier molecular flexibility index (Phi) is 2.50. The molecule has 0 spiro atoms. The second-order valence-corrected chi connectivity index (χ2v) is 3.21. The van der Waals surface area contributed by atoms with Gasteiger partial charge in [-0.05, 0) is 18.2 Å². The first-order chi connectivity index (χ1) is 6.79. The summed E-state index contributed by atoms with van der Waals surface area (Å²) in [6, 6.07) is 5.40. The van der Waals surface area contributed by atoms with E-state index in [4.69, 9.17) is 16.0 Å². The number of aryl methyl sites for hydroxylation is 1. The van der Waals surface area contributed by atoms with Crippen LogP contribution in [-0.2, 0) is 6.42 Å². The maximum absolute atomic E-state index is 5.74. The van der Waals surface area contributed by atoms with Crippen LogP contribution in [0.3, 0.4) is 0 Å². The van der Waals surface area contributed by atoms with Crippen molar-refractivity contribution in [2.75, 3.05) is 0 Å². The van der Waals surface area contributed by atoms with Crippen LogP contribution in [0.15, 0.2) is 28.8 Å². The molecule has 0 aromatic carbocycles. The third kappa shape index (κ3) is 1.77. The first kappa shape index (κ1) is 9.21. The molecule has 0 saturated heterocycles. The molecule has 2 aromatic heterocycles. The molecule has 2 heterocycles. The van der Waals surface area contributed by atoms with E-state index < -0.39 is 0 Å².